The third-order valence-corrected chi connectivity index (χ3v) is 6.71. The molecule has 1 aliphatic heterocycles. The lowest BCUT2D eigenvalue weighted by molar-refractivity contribution is -0.131. The van der Waals surface area contributed by atoms with Crippen molar-refractivity contribution in [1.29, 1.82) is 0 Å². The van der Waals surface area contributed by atoms with E-state index >= 15 is 0 Å². The zero-order valence-corrected chi connectivity index (χ0v) is 19.6. The van der Waals surface area contributed by atoms with Gasteiger partial charge in [-0.25, -0.2) is 14.8 Å². The molecule has 1 saturated heterocycles. The lowest BCUT2D eigenvalue weighted by atomic mass is 10.1. The van der Waals surface area contributed by atoms with E-state index in [1.165, 1.54) is 10.5 Å². The fraction of sp³-hybridized carbons (Fsp3) is 0.417. The van der Waals surface area contributed by atoms with Gasteiger partial charge in [0, 0.05) is 37.2 Å². The molecule has 9 heteroatoms. The van der Waals surface area contributed by atoms with Gasteiger partial charge in [0.15, 0.2) is 0 Å². The van der Waals surface area contributed by atoms with Crippen LogP contribution in [0.4, 0.5) is 5.82 Å². The molecular weight excluding hydrogens is 440 g/mol. The molecule has 2 N–H and O–H groups in total. The van der Waals surface area contributed by atoms with Crippen LogP contribution in [-0.4, -0.2) is 49.7 Å². The maximum Gasteiger partial charge on any atom is 0.328 e. The second kappa shape index (κ2) is 9.84. The van der Waals surface area contributed by atoms with E-state index in [2.05, 4.69) is 19.2 Å². The summed E-state index contributed by atoms with van der Waals surface area (Å²) in [6.45, 7) is 5.27. The molecule has 0 saturated carbocycles. The molecule has 0 spiro atoms. The van der Waals surface area contributed by atoms with Crippen molar-refractivity contribution >= 4 is 34.8 Å². The zero-order valence-electron chi connectivity index (χ0n) is 18.8. The van der Waals surface area contributed by atoms with Gasteiger partial charge in [-0.05, 0) is 49.0 Å². The Balaban J connectivity index is 1.68. The third kappa shape index (κ3) is 5.31. The molecule has 8 nitrogen and oxygen atoms in total. The number of nitrogens with zero attached hydrogens (tertiary/aromatic N) is 4. The van der Waals surface area contributed by atoms with Crippen LogP contribution < -0.4 is 10.5 Å². The highest BCUT2D eigenvalue weighted by Gasteiger charge is 2.23. The van der Waals surface area contributed by atoms with Crippen LogP contribution >= 0.6 is 11.3 Å². The van der Waals surface area contributed by atoms with E-state index in [4.69, 9.17) is 15.1 Å². The first-order chi connectivity index (χ1) is 15.8. The lowest BCUT2D eigenvalue weighted by Crippen LogP contribution is -2.40. The summed E-state index contributed by atoms with van der Waals surface area (Å²) in [5, 5.41) is 22.4. The number of aliphatic hydroxyl groups excluding tert-OH is 1. The van der Waals surface area contributed by atoms with E-state index in [-0.39, 0.29) is 11.1 Å². The maximum absolute atomic E-state index is 13.2. The molecular formula is C24H28N4O4S. The van der Waals surface area contributed by atoms with Gasteiger partial charge in [0.2, 0.25) is 0 Å². The molecule has 0 unspecified atom stereocenters. The highest BCUT2D eigenvalue weighted by molar-refractivity contribution is 7.09. The van der Waals surface area contributed by atoms with E-state index < -0.39 is 12.1 Å². The van der Waals surface area contributed by atoms with Crippen LogP contribution in [0.5, 0.6) is 0 Å². The zero-order chi connectivity index (χ0) is 23.5. The molecule has 4 rings (SSSR count). The van der Waals surface area contributed by atoms with Gasteiger partial charge in [-0.1, -0.05) is 13.8 Å². The van der Waals surface area contributed by atoms with Crippen LogP contribution in [0.2, 0.25) is 0 Å². The summed E-state index contributed by atoms with van der Waals surface area (Å²) in [5.41, 5.74) is 2.53. The number of pyridine rings is 1. The number of fused-ring (bicyclic) bond motifs is 1. The summed E-state index contributed by atoms with van der Waals surface area (Å²) in [4.78, 5) is 35.6. The van der Waals surface area contributed by atoms with E-state index in [0.29, 0.717) is 36.9 Å². The summed E-state index contributed by atoms with van der Waals surface area (Å²) in [6.07, 6.45) is 6.48. The lowest BCUT2D eigenvalue weighted by Gasteiger charge is -2.32. The van der Waals surface area contributed by atoms with Gasteiger partial charge in [-0.2, -0.15) is 0 Å². The fourth-order valence-electron chi connectivity index (χ4n) is 3.98. The normalized spacial score (nSPS) is 16.8. The first-order valence-electron chi connectivity index (χ1n) is 11.2. The van der Waals surface area contributed by atoms with E-state index in [1.54, 1.807) is 17.5 Å². The fourth-order valence-corrected chi connectivity index (χ4v) is 4.94. The van der Waals surface area contributed by atoms with E-state index in [0.717, 1.165) is 41.6 Å². The monoisotopic (exact) mass is 468 g/mol. The summed E-state index contributed by atoms with van der Waals surface area (Å²) < 4.78 is 1.44. The van der Waals surface area contributed by atoms with Gasteiger partial charge in [0.05, 0.1) is 22.4 Å². The predicted molar refractivity (Wildman–Crippen MR) is 129 cm³/mol. The van der Waals surface area contributed by atoms with Crippen LogP contribution in [0.3, 0.4) is 0 Å². The van der Waals surface area contributed by atoms with Gasteiger partial charge in [0.1, 0.15) is 11.5 Å². The molecule has 0 amide bonds. The Bertz CT molecular complexity index is 1250. The minimum absolute atomic E-state index is 0.209. The molecule has 33 heavy (non-hydrogen) atoms. The predicted octanol–water partition coefficient (Wildman–Crippen LogP) is 3.12. The number of β-amino-alcohol motifs (C(OH)–C–C–N with tert-alkyl or cyclic N) is 1. The van der Waals surface area contributed by atoms with Crippen molar-refractivity contribution in [3.63, 3.8) is 0 Å². The largest absolute Gasteiger partial charge is 0.478 e. The average molecular weight is 469 g/mol. The molecule has 4 heterocycles. The molecule has 1 fully saturated rings. The number of aryl methyl sites for hydroxylation is 2. The quantitative estimate of drug-likeness (QED) is 0.513. The minimum Gasteiger partial charge on any atom is -0.478 e. The first kappa shape index (κ1) is 23.1. The molecule has 0 radical (unpaired) electrons. The maximum atomic E-state index is 13.2. The second-order valence-corrected chi connectivity index (χ2v) is 9.59. The number of carboxylic acids is 1. The number of aromatic nitrogens is 3. The third-order valence-electron chi connectivity index (χ3n) is 5.79. The summed E-state index contributed by atoms with van der Waals surface area (Å²) in [6, 6.07) is 3.79. The molecule has 174 valence electrons. The summed E-state index contributed by atoms with van der Waals surface area (Å²) >= 11 is 1.67. The van der Waals surface area contributed by atoms with Crippen LogP contribution in [0.1, 0.15) is 54.4 Å². The van der Waals surface area contributed by atoms with Crippen LogP contribution in [0.25, 0.3) is 11.7 Å². The number of aliphatic hydroxyl groups is 1. The molecule has 3 aromatic heterocycles. The highest BCUT2D eigenvalue weighted by atomic mass is 32.1. The van der Waals surface area contributed by atoms with Gasteiger partial charge in [0.25, 0.3) is 5.56 Å². The number of thiazole rings is 1. The molecule has 3 aromatic rings. The topological polar surface area (TPSA) is 108 Å². The first-order valence-corrected chi connectivity index (χ1v) is 12.0. The number of anilines is 1. The molecule has 0 aromatic carbocycles. The average Bonchev–Trinajstić information content (AvgIpc) is 3.26. The molecule has 1 atom stereocenters. The molecule has 0 bridgehead atoms. The van der Waals surface area contributed by atoms with Crippen molar-refractivity contribution in [1.82, 2.24) is 14.4 Å². The smallest absolute Gasteiger partial charge is 0.328 e. The highest BCUT2D eigenvalue weighted by Crippen LogP contribution is 2.23. The number of piperidine rings is 1. The standard InChI is InChI=1S/C24H28N4O4S/c1-15(2)19-14-33-21(25-19)7-5-16-9-11-28-20(12-16)26-23(27-10-3-4-17(29)13-27)18(24(28)32)6-8-22(30)31/h6,8-9,11-12,14-15,17,29H,3-5,7,10,13H2,1-2H3,(H,30,31)/t17-/m1/s1. The summed E-state index contributed by atoms with van der Waals surface area (Å²) in [7, 11) is 0. The van der Waals surface area contributed by atoms with Crippen molar-refractivity contribution in [3.05, 3.63) is 62.0 Å². The van der Waals surface area contributed by atoms with Crippen molar-refractivity contribution in [2.24, 2.45) is 0 Å². The Labute approximate surface area is 195 Å². The van der Waals surface area contributed by atoms with Crippen LogP contribution in [-0.2, 0) is 17.6 Å². The van der Waals surface area contributed by atoms with E-state index in [1.807, 2.05) is 17.0 Å². The Hall–Kier alpha value is -3.04. The van der Waals surface area contributed by atoms with Crippen molar-refractivity contribution < 1.29 is 15.0 Å². The Kier molecular flexibility index (Phi) is 6.90. The van der Waals surface area contributed by atoms with Gasteiger partial charge >= 0.3 is 5.97 Å². The minimum atomic E-state index is -1.14. The Morgan fingerprint density at radius 1 is 1.33 bits per heavy atom. The number of rotatable bonds is 7. The molecule has 1 aliphatic rings. The van der Waals surface area contributed by atoms with Gasteiger partial charge in [-0.3, -0.25) is 9.20 Å². The second-order valence-electron chi connectivity index (χ2n) is 8.65. The van der Waals surface area contributed by atoms with Crippen molar-refractivity contribution in [2.45, 2.75) is 51.6 Å². The molecule has 0 aliphatic carbocycles. The van der Waals surface area contributed by atoms with Crippen molar-refractivity contribution in [2.75, 3.05) is 18.0 Å². The van der Waals surface area contributed by atoms with Crippen molar-refractivity contribution in [3.8, 4) is 0 Å². The van der Waals surface area contributed by atoms with Crippen LogP contribution in [0.15, 0.2) is 34.6 Å². The number of carbonyl (C=O) groups is 1. The summed E-state index contributed by atoms with van der Waals surface area (Å²) in [5.74, 6) is -0.319. The number of hydrogen-bond donors (Lipinski definition) is 2. The van der Waals surface area contributed by atoms with E-state index in [9.17, 15) is 14.7 Å². The number of hydrogen-bond acceptors (Lipinski definition) is 7. The Morgan fingerprint density at radius 2 is 2.15 bits per heavy atom. The number of carboxylic acid groups (broad SMARTS) is 1. The SMILES string of the molecule is CC(C)c1csc(CCc2ccn3c(=O)c(C=CC(=O)O)c(N4CCC[C@@H](O)C4)nc3c2)n1. The number of aliphatic carboxylic acids is 1. The van der Waals surface area contributed by atoms with Crippen LogP contribution in [0, 0.1) is 0 Å². The Morgan fingerprint density at radius 3 is 2.85 bits per heavy atom. The van der Waals surface area contributed by atoms with Gasteiger partial charge in [-0.15, -0.1) is 11.3 Å². The van der Waals surface area contributed by atoms with Gasteiger partial charge < -0.3 is 15.1 Å².